The standard InChI is InChI=1S/C38H36N2O4/c1-27-14-16-28(17-15-27)24-40-25-34(32-12-6-7-13-35(32)40)33(22-38(41)39-23-31-11-8-20-43-31)30-18-19-36(37(21-30)42-2)44-26-29-9-4-3-5-10-29/h3-21,25,33H,22-24,26H2,1-2H3,(H,39,41)/t33-/m1/s1. The number of hydrogen-bond acceptors (Lipinski definition) is 4. The van der Waals surface area contributed by atoms with Crippen molar-refractivity contribution in [1.82, 2.24) is 9.88 Å². The molecule has 4 aromatic carbocycles. The van der Waals surface area contributed by atoms with Crippen LogP contribution >= 0.6 is 0 Å². The van der Waals surface area contributed by atoms with E-state index in [1.807, 2.05) is 60.7 Å². The van der Waals surface area contributed by atoms with E-state index < -0.39 is 0 Å². The SMILES string of the molecule is COc1cc([C@@H](CC(=O)NCc2ccco2)c2cn(Cc3ccc(C)cc3)c3ccccc23)ccc1OCc1ccccc1. The second-order valence-corrected chi connectivity index (χ2v) is 11.0. The van der Waals surface area contributed by atoms with Gasteiger partial charge in [0.25, 0.3) is 0 Å². The van der Waals surface area contributed by atoms with Crippen molar-refractivity contribution >= 4 is 16.8 Å². The van der Waals surface area contributed by atoms with E-state index in [1.165, 1.54) is 11.1 Å². The molecule has 0 saturated heterocycles. The second kappa shape index (κ2) is 13.4. The Kier molecular flexibility index (Phi) is 8.78. The van der Waals surface area contributed by atoms with Crippen molar-refractivity contribution in [3.63, 3.8) is 0 Å². The minimum absolute atomic E-state index is 0.0647. The van der Waals surface area contributed by atoms with E-state index in [2.05, 4.69) is 71.5 Å². The number of ether oxygens (including phenoxy) is 2. The Morgan fingerprint density at radius 3 is 2.43 bits per heavy atom. The summed E-state index contributed by atoms with van der Waals surface area (Å²) in [5.41, 5.74) is 6.71. The first kappa shape index (κ1) is 28.9. The average molecular weight is 585 g/mol. The quantitative estimate of drug-likeness (QED) is 0.158. The van der Waals surface area contributed by atoms with Gasteiger partial charge in [-0.2, -0.15) is 0 Å². The predicted octanol–water partition coefficient (Wildman–Crippen LogP) is 8.02. The summed E-state index contributed by atoms with van der Waals surface area (Å²) < 4.78 is 19.7. The highest BCUT2D eigenvalue weighted by Gasteiger charge is 2.24. The summed E-state index contributed by atoms with van der Waals surface area (Å²) in [5, 5.41) is 4.16. The van der Waals surface area contributed by atoms with E-state index in [9.17, 15) is 4.79 Å². The number of fused-ring (bicyclic) bond motifs is 1. The molecule has 2 heterocycles. The van der Waals surface area contributed by atoms with Gasteiger partial charge in [0.2, 0.25) is 5.91 Å². The summed E-state index contributed by atoms with van der Waals surface area (Å²) >= 11 is 0. The fourth-order valence-electron chi connectivity index (χ4n) is 5.59. The molecule has 0 saturated carbocycles. The summed E-state index contributed by atoms with van der Waals surface area (Å²) in [6, 6.07) is 36.7. The molecule has 222 valence electrons. The van der Waals surface area contributed by atoms with Gasteiger partial charge in [-0.1, -0.05) is 84.4 Å². The smallest absolute Gasteiger partial charge is 0.221 e. The van der Waals surface area contributed by atoms with Crippen molar-refractivity contribution in [3.8, 4) is 11.5 Å². The zero-order valence-electron chi connectivity index (χ0n) is 25.0. The van der Waals surface area contributed by atoms with Crippen LogP contribution in [-0.2, 0) is 24.5 Å². The molecule has 44 heavy (non-hydrogen) atoms. The van der Waals surface area contributed by atoms with Gasteiger partial charge in [0, 0.05) is 36.0 Å². The van der Waals surface area contributed by atoms with Crippen molar-refractivity contribution in [2.24, 2.45) is 0 Å². The molecular formula is C38H36N2O4. The Bertz CT molecular complexity index is 1820. The molecule has 0 radical (unpaired) electrons. The molecule has 6 heteroatoms. The lowest BCUT2D eigenvalue weighted by molar-refractivity contribution is -0.121. The number of methoxy groups -OCH3 is 1. The number of carbonyl (C=O) groups excluding carboxylic acids is 1. The van der Waals surface area contributed by atoms with Gasteiger partial charge in [-0.15, -0.1) is 0 Å². The van der Waals surface area contributed by atoms with E-state index in [0.717, 1.165) is 34.1 Å². The topological polar surface area (TPSA) is 65.6 Å². The number of nitrogens with one attached hydrogen (secondary N) is 1. The number of amides is 1. The third-order valence-electron chi connectivity index (χ3n) is 7.92. The van der Waals surface area contributed by atoms with Crippen molar-refractivity contribution in [1.29, 1.82) is 0 Å². The Hall–Kier alpha value is -5.23. The van der Waals surface area contributed by atoms with Crippen molar-refractivity contribution in [3.05, 3.63) is 155 Å². The van der Waals surface area contributed by atoms with E-state index in [-0.39, 0.29) is 18.2 Å². The second-order valence-electron chi connectivity index (χ2n) is 11.0. The number of benzene rings is 4. The molecule has 1 amide bonds. The number of para-hydroxylation sites is 1. The summed E-state index contributed by atoms with van der Waals surface area (Å²) in [6.45, 7) is 3.60. The maximum atomic E-state index is 13.4. The number of rotatable bonds is 12. The first-order valence-electron chi connectivity index (χ1n) is 14.8. The molecule has 0 aliphatic rings. The largest absolute Gasteiger partial charge is 0.493 e. The zero-order chi connectivity index (χ0) is 30.3. The normalized spacial score (nSPS) is 11.8. The molecule has 0 unspecified atom stereocenters. The third-order valence-corrected chi connectivity index (χ3v) is 7.92. The number of carbonyl (C=O) groups is 1. The molecule has 6 aromatic rings. The predicted molar refractivity (Wildman–Crippen MR) is 173 cm³/mol. The molecule has 1 atom stereocenters. The van der Waals surface area contributed by atoms with Gasteiger partial charge in [-0.05, 0) is 59.5 Å². The zero-order valence-corrected chi connectivity index (χ0v) is 25.0. The van der Waals surface area contributed by atoms with Crippen LogP contribution in [0, 0.1) is 6.92 Å². The van der Waals surface area contributed by atoms with Gasteiger partial charge in [0.1, 0.15) is 12.4 Å². The Balaban J connectivity index is 1.35. The van der Waals surface area contributed by atoms with Crippen molar-refractivity contribution < 1.29 is 18.7 Å². The van der Waals surface area contributed by atoms with Gasteiger partial charge < -0.3 is 23.8 Å². The Labute approximate surface area is 257 Å². The minimum Gasteiger partial charge on any atom is -0.493 e. The summed E-state index contributed by atoms with van der Waals surface area (Å²) in [7, 11) is 1.65. The van der Waals surface area contributed by atoms with Crippen LogP contribution in [0.3, 0.4) is 0 Å². The highest BCUT2D eigenvalue weighted by molar-refractivity contribution is 5.87. The third kappa shape index (κ3) is 6.70. The van der Waals surface area contributed by atoms with Gasteiger partial charge in [0.05, 0.1) is 19.9 Å². The molecular weight excluding hydrogens is 548 g/mol. The lowest BCUT2D eigenvalue weighted by Crippen LogP contribution is -2.24. The van der Waals surface area contributed by atoms with E-state index >= 15 is 0 Å². The minimum atomic E-state index is -0.229. The van der Waals surface area contributed by atoms with Crippen LogP contribution in [0.25, 0.3) is 10.9 Å². The van der Waals surface area contributed by atoms with Gasteiger partial charge >= 0.3 is 0 Å². The molecule has 1 N–H and O–H groups in total. The lowest BCUT2D eigenvalue weighted by atomic mass is 9.87. The number of hydrogen-bond donors (Lipinski definition) is 1. The van der Waals surface area contributed by atoms with Crippen LogP contribution < -0.4 is 14.8 Å². The molecule has 0 aliphatic carbocycles. The molecule has 0 aliphatic heterocycles. The summed E-state index contributed by atoms with van der Waals surface area (Å²) in [5.74, 6) is 1.70. The number of aromatic nitrogens is 1. The van der Waals surface area contributed by atoms with E-state index in [4.69, 9.17) is 13.9 Å². The molecule has 0 spiro atoms. The molecule has 2 aromatic heterocycles. The van der Waals surface area contributed by atoms with E-state index in [1.54, 1.807) is 13.4 Å². The fourth-order valence-corrected chi connectivity index (χ4v) is 5.59. The number of aryl methyl sites for hydroxylation is 1. The van der Waals surface area contributed by atoms with Gasteiger partial charge in [-0.25, -0.2) is 0 Å². The fraction of sp³-hybridized carbons (Fsp3) is 0.184. The first-order chi connectivity index (χ1) is 21.6. The first-order valence-corrected chi connectivity index (χ1v) is 14.8. The average Bonchev–Trinajstić information content (AvgIpc) is 3.72. The van der Waals surface area contributed by atoms with Crippen LogP contribution in [-0.4, -0.2) is 17.6 Å². The van der Waals surface area contributed by atoms with Crippen LogP contribution in [0.2, 0.25) is 0 Å². The maximum Gasteiger partial charge on any atom is 0.221 e. The van der Waals surface area contributed by atoms with Gasteiger partial charge in [0.15, 0.2) is 11.5 Å². The van der Waals surface area contributed by atoms with Crippen LogP contribution in [0.1, 0.15) is 45.9 Å². The van der Waals surface area contributed by atoms with Crippen molar-refractivity contribution in [2.45, 2.75) is 39.0 Å². The maximum absolute atomic E-state index is 13.4. The molecule has 6 nitrogen and oxygen atoms in total. The Morgan fingerprint density at radius 1 is 0.864 bits per heavy atom. The van der Waals surface area contributed by atoms with Crippen molar-refractivity contribution in [2.75, 3.05) is 7.11 Å². The van der Waals surface area contributed by atoms with E-state index in [0.29, 0.717) is 30.4 Å². The lowest BCUT2D eigenvalue weighted by Gasteiger charge is -2.19. The summed E-state index contributed by atoms with van der Waals surface area (Å²) in [4.78, 5) is 13.4. The molecule has 0 fully saturated rings. The highest BCUT2D eigenvalue weighted by Crippen LogP contribution is 2.39. The molecule has 0 bridgehead atoms. The van der Waals surface area contributed by atoms with Crippen LogP contribution in [0.4, 0.5) is 0 Å². The monoisotopic (exact) mass is 584 g/mol. The van der Waals surface area contributed by atoms with Gasteiger partial charge in [-0.3, -0.25) is 4.79 Å². The highest BCUT2D eigenvalue weighted by atomic mass is 16.5. The number of nitrogens with zero attached hydrogens (tertiary/aromatic N) is 1. The summed E-state index contributed by atoms with van der Waals surface area (Å²) in [6.07, 6.45) is 4.06. The number of furan rings is 1. The van der Waals surface area contributed by atoms with Crippen LogP contribution in [0.5, 0.6) is 11.5 Å². The molecule has 6 rings (SSSR count). The van der Waals surface area contributed by atoms with Crippen LogP contribution in [0.15, 0.2) is 126 Å². The Morgan fingerprint density at radius 2 is 1.66 bits per heavy atom.